The molecule has 0 bridgehead atoms. The second-order valence-electron chi connectivity index (χ2n) is 10.00. The van der Waals surface area contributed by atoms with Gasteiger partial charge in [0, 0.05) is 20.1 Å². The van der Waals surface area contributed by atoms with Gasteiger partial charge in [-0.2, -0.15) is 0 Å². The highest BCUT2D eigenvalue weighted by Gasteiger charge is 2.31. The van der Waals surface area contributed by atoms with E-state index in [2.05, 4.69) is 16.0 Å². The van der Waals surface area contributed by atoms with Crippen molar-refractivity contribution < 1.29 is 14.7 Å². The summed E-state index contributed by atoms with van der Waals surface area (Å²) in [6.07, 6.45) is 5.75. The molecule has 1 saturated carbocycles. The van der Waals surface area contributed by atoms with Gasteiger partial charge in [-0.3, -0.25) is 19.2 Å². The van der Waals surface area contributed by atoms with Crippen LogP contribution >= 0.6 is 0 Å². The number of nitrogens with one attached hydrogen (secondary N) is 3. The number of benzene rings is 1. The summed E-state index contributed by atoms with van der Waals surface area (Å²) in [5, 5.41) is 19.4. The highest BCUT2D eigenvalue weighted by molar-refractivity contribution is 5.99. The zero-order valence-electron chi connectivity index (χ0n) is 21.1. The fraction of sp³-hybridized carbons (Fsp3) is 0.538. The number of aromatic hydroxyl groups is 1. The third-order valence-corrected chi connectivity index (χ3v) is 6.82. The van der Waals surface area contributed by atoms with Crippen LogP contribution in [0.25, 0.3) is 0 Å². The first-order chi connectivity index (χ1) is 16.5. The van der Waals surface area contributed by atoms with E-state index in [9.17, 15) is 24.3 Å². The molecular formula is C26H36N4O5. The maximum absolute atomic E-state index is 13.1. The smallest absolute Gasteiger partial charge is 0.257 e. The first kappa shape index (κ1) is 26.2. The summed E-state index contributed by atoms with van der Waals surface area (Å²) in [5.74, 6) is -0.675. The van der Waals surface area contributed by atoms with Gasteiger partial charge in [0.1, 0.15) is 17.4 Å². The number of hydrogen-bond acceptors (Lipinski definition) is 7. The number of para-hydroxylation sites is 1. The van der Waals surface area contributed by atoms with Crippen molar-refractivity contribution in [2.24, 2.45) is 11.8 Å². The van der Waals surface area contributed by atoms with Gasteiger partial charge in [0.05, 0.1) is 11.3 Å². The predicted molar refractivity (Wildman–Crippen MR) is 137 cm³/mol. The summed E-state index contributed by atoms with van der Waals surface area (Å²) in [5.41, 5.74) is -1.36. The number of nitrogens with zero attached hydrogens (tertiary/aromatic N) is 1. The molecule has 9 nitrogen and oxygen atoms in total. The van der Waals surface area contributed by atoms with Crippen molar-refractivity contribution in [1.82, 2.24) is 10.2 Å². The minimum Gasteiger partial charge on any atom is -0.505 e. The van der Waals surface area contributed by atoms with E-state index in [1.54, 1.807) is 20.2 Å². The van der Waals surface area contributed by atoms with Crippen LogP contribution in [0.15, 0.2) is 27.8 Å². The Morgan fingerprint density at radius 1 is 1.00 bits per heavy atom. The molecule has 9 heteroatoms. The molecule has 0 saturated heterocycles. The van der Waals surface area contributed by atoms with E-state index >= 15 is 0 Å². The summed E-state index contributed by atoms with van der Waals surface area (Å²) in [7, 11) is 3.12. The van der Waals surface area contributed by atoms with Crippen molar-refractivity contribution in [2.75, 3.05) is 24.7 Å². The second kappa shape index (κ2) is 10.9. The summed E-state index contributed by atoms with van der Waals surface area (Å²) in [6.45, 7) is 5.74. The van der Waals surface area contributed by atoms with E-state index in [-0.39, 0.29) is 46.2 Å². The minimum absolute atomic E-state index is 0.00194. The maximum Gasteiger partial charge on any atom is 0.257 e. The van der Waals surface area contributed by atoms with Crippen LogP contribution in [0.2, 0.25) is 0 Å². The molecular weight excluding hydrogens is 448 g/mol. The second-order valence-corrected chi connectivity index (χ2v) is 10.00. The van der Waals surface area contributed by atoms with Crippen molar-refractivity contribution in [1.29, 1.82) is 0 Å². The van der Waals surface area contributed by atoms with Crippen molar-refractivity contribution in [2.45, 2.75) is 65.0 Å². The van der Waals surface area contributed by atoms with Crippen LogP contribution in [-0.2, 0) is 4.79 Å². The van der Waals surface area contributed by atoms with Gasteiger partial charge in [-0.1, -0.05) is 39.2 Å². The first-order valence-corrected chi connectivity index (χ1v) is 12.2. The zero-order chi connectivity index (χ0) is 25.9. The largest absolute Gasteiger partial charge is 0.505 e. The van der Waals surface area contributed by atoms with E-state index in [4.69, 9.17) is 0 Å². The Bertz CT molecular complexity index is 1140. The van der Waals surface area contributed by atoms with Crippen molar-refractivity contribution in [3.05, 3.63) is 44.2 Å². The molecule has 35 heavy (non-hydrogen) atoms. The summed E-state index contributed by atoms with van der Waals surface area (Å²) >= 11 is 0. The molecule has 4 N–H and O–H groups in total. The first-order valence-electron chi connectivity index (χ1n) is 12.2. The summed E-state index contributed by atoms with van der Waals surface area (Å²) in [4.78, 5) is 51.5. The van der Waals surface area contributed by atoms with Crippen LogP contribution in [0, 0.1) is 11.8 Å². The standard InChI is InChI=1S/C26H36N4O5/c1-14(2)19(25(34)27-15(3)16-10-7-6-8-11-16)29-21-20(23(32)24(21)33)28-18-13-9-12-17(22(18)31)26(35)30(4)5/h9,12-16,19,28-29,31H,6-8,10-11H2,1-5H3,(H,27,34)/t15-,19-/m1/s1. The van der Waals surface area contributed by atoms with Gasteiger partial charge in [-0.05, 0) is 43.7 Å². The van der Waals surface area contributed by atoms with Crippen molar-refractivity contribution in [3.8, 4) is 5.75 Å². The number of amides is 2. The quantitative estimate of drug-likeness (QED) is 0.318. The van der Waals surface area contributed by atoms with E-state index in [1.807, 2.05) is 20.8 Å². The SMILES string of the molecule is CC(C)[C@@H](Nc1c(Nc2cccc(C(=O)N(C)C)c2O)c(=O)c1=O)C(=O)N[C@H](C)C1CCCCC1. The number of hydrogen-bond donors (Lipinski definition) is 4. The highest BCUT2D eigenvalue weighted by Crippen LogP contribution is 2.32. The van der Waals surface area contributed by atoms with Gasteiger partial charge in [0.2, 0.25) is 5.91 Å². The molecule has 0 spiro atoms. The van der Waals surface area contributed by atoms with Crippen LogP contribution in [-0.4, -0.2) is 48.0 Å². The fourth-order valence-electron chi connectivity index (χ4n) is 4.60. The predicted octanol–water partition coefficient (Wildman–Crippen LogP) is 2.96. The molecule has 1 fully saturated rings. The van der Waals surface area contributed by atoms with Crippen molar-refractivity contribution in [3.63, 3.8) is 0 Å². The number of phenols is 1. The third kappa shape index (κ3) is 5.66. The number of rotatable bonds is 9. The van der Waals surface area contributed by atoms with Crippen LogP contribution in [0.1, 0.15) is 63.2 Å². The fourth-order valence-corrected chi connectivity index (χ4v) is 4.60. The molecule has 2 amide bonds. The lowest BCUT2D eigenvalue weighted by atomic mass is 9.84. The van der Waals surface area contributed by atoms with Gasteiger partial charge in [-0.15, -0.1) is 0 Å². The Morgan fingerprint density at radius 2 is 1.63 bits per heavy atom. The van der Waals surface area contributed by atoms with Gasteiger partial charge in [0.25, 0.3) is 16.8 Å². The zero-order valence-corrected chi connectivity index (χ0v) is 21.1. The average molecular weight is 485 g/mol. The molecule has 0 aromatic heterocycles. The van der Waals surface area contributed by atoms with Crippen molar-refractivity contribution >= 4 is 28.9 Å². The van der Waals surface area contributed by atoms with E-state index in [1.165, 1.54) is 36.3 Å². The van der Waals surface area contributed by atoms with Crippen LogP contribution in [0.5, 0.6) is 5.75 Å². The molecule has 0 radical (unpaired) electrons. The average Bonchev–Trinajstić information content (AvgIpc) is 2.83. The molecule has 0 aliphatic heterocycles. The summed E-state index contributed by atoms with van der Waals surface area (Å²) in [6, 6.07) is 3.83. The molecule has 1 aliphatic carbocycles. The monoisotopic (exact) mass is 484 g/mol. The maximum atomic E-state index is 13.1. The van der Waals surface area contributed by atoms with E-state index in [0.29, 0.717) is 5.92 Å². The number of carbonyl (C=O) groups excluding carboxylic acids is 2. The molecule has 2 aromatic carbocycles. The molecule has 190 valence electrons. The van der Waals surface area contributed by atoms with Crippen LogP contribution in [0.3, 0.4) is 0 Å². The Labute approximate surface area is 205 Å². The van der Waals surface area contributed by atoms with Gasteiger partial charge in [-0.25, -0.2) is 0 Å². The Hall–Kier alpha value is -3.36. The number of anilines is 3. The molecule has 0 heterocycles. The lowest BCUT2D eigenvalue weighted by Crippen LogP contribution is -2.50. The Morgan fingerprint density at radius 3 is 2.23 bits per heavy atom. The van der Waals surface area contributed by atoms with Gasteiger partial charge >= 0.3 is 0 Å². The third-order valence-electron chi connectivity index (χ3n) is 6.82. The molecule has 2 aromatic rings. The van der Waals surface area contributed by atoms with Gasteiger partial charge < -0.3 is 26.0 Å². The molecule has 3 rings (SSSR count). The molecule has 0 unspecified atom stereocenters. The highest BCUT2D eigenvalue weighted by atomic mass is 16.3. The number of carbonyl (C=O) groups is 2. The van der Waals surface area contributed by atoms with Gasteiger partial charge in [0.15, 0.2) is 5.75 Å². The van der Waals surface area contributed by atoms with E-state index < -0.39 is 22.8 Å². The molecule has 2 atom stereocenters. The lowest BCUT2D eigenvalue weighted by molar-refractivity contribution is -0.123. The number of phenolic OH excluding ortho intramolecular Hbond substituents is 1. The van der Waals surface area contributed by atoms with Crippen LogP contribution in [0.4, 0.5) is 17.1 Å². The summed E-state index contributed by atoms with van der Waals surface area (Å²) < 4.78 is 0. The van der Waals surface area contributed by atoms with Crippen LogP contribution < -0.4 is 26.8 Å². The minimum atomic E-state index is -0.755. The molecule has 1 aliphatic rings. The normalized spacial score (nSPS) is 16.1. The Balaban J connectivity index is 1.79. The van der Waals surface area contributed by atoms with E-state index in [0.717, 1.165) is 12.8 Å². The Kier molecular flexibility index (Phi) is 8.19. The lowest BCUT2D eigenvalue weighted by Gasteiger charge is -2.31. The topological polar surface area (TPSA) is 128 Å².